The van der Waals surface area contributed by atoms with Crippen molar-refractivity contribution < 1.29 is 9.90 Å². The predicted molar refractivity (Wildman–Crippen MR) is 105 cm³/mol. The molecule has 0 amide bonds. The Morgan fingerprint density at radius 1 is 1.15 bits per heavy atom. The lowest BCUT2D eigenvalue weighted by Crippen LogP contribution is -2.50. The molecule has 26 heavy (non-hydrogen) atoms. The molecule has 1 aliphatic carbocycles. The molecule has 1 fully saturated rings. The first kappa shape index (κ1) is 17.1. The standard InChI is InChI=1S/C21H21ClN2O2/c22-16-10-15-11-18(14-4-2-1-3-5-14)24-19(15)17(12-16)13-6-8-21(23,9-7-13)20(25)26/h1-5,10-13,24H,6-9,23H2,(H,25,26). The number of halogens is 1. The van der Waals surface area contributed by atoms with E-state index in [0.29, 0.717) is 17.9 Å². The molecular formula is C21H21ClN2O2. The number of benzene rings is 2. The molecule has 0 atom stereocenters. The molecular weight excluding hydrogens is 348 g/mol. The molecule has 0 aliphatic heterocycles. The highest BCUT2D eigenvalue weighted by atomic mass is 35.5. The number of fused-ring (bicyclic) bond motifs is 1. The molecule has 1 aromatic heterocycles. The van der Waals surface area contributed by atoms with Crippen molar-refractivity contribution in [3.05, 3.63) is 59.1 Å². The van der Waals surface area contributed by atoms with Crippen LogP contribution in [0.25, 0.3) is 22.2 Å². The highest BCUT2D eigenvalue weighted by molar-refractivity contribution is 6.31. The number of carbonyl (C=O) groups is 1. The summed E-state index contributed by atoms with van der Waals surface area (Å²) in [4.78, 5) is 14.9. The van der Waals surface area contributed by atoms with Crippen molar-refractivity contribution in [1.82, 2.24) is 4.98 Å². The van der Waals surface area contributed by atoms with Gasteiger partial charge < -0.3 is 15.8 Å². The number of nitrogens with one attached hydrogen (secondary N) is 1. The van der Waals surface area contributed by atoms with Crippen molar-refractivity contribution >= 4 is 28.5 Å². The van der Waals surface area contributed by atoms with Crippen LogP contribution >= 0.6 is 11.6 Å². The molecule has 0 radical (unpaired) electrons. The van der Waals surface area contributed by atoms with Gasteiger partial charge in [-0.25, -0.2) is 0 Å². The molecule has 1 heterocycles. The van der Waals surface area contributed by atoms with Gasteiger partial charge in [0.15, 0.2) is 0 Å². The number of hydrogen-bond acceptors (Lipinski definition) is 2. The van der Waals surface area contributed by atoms with E-state index in [2.05, 4.69) is 23.2 Å². The van der Waals surface area contributed by atoms with Gasteiger partial charge in [0.1, 0.15) is 5.54 Å². The quantitative estimate of drug-likeness (QED) is 0.613. The summed E-state index contributed by atoms with van der Waals surface area (Å²) in [6.45, 7) is 0. The number of rotatable bonds is 3. The Morgan fingerprint density at radius 3 is 2.50 bits per heavy atom. The van der Waals surface area contributed by atoms with Gasteiger partial charge in [-0.05, 0) is 60.9 Å². The average Bonchev–Trinajstić information content (AvgIpc) is 3.06. The SMILES string of the molecule is NC1(C(=O)O)CCC(c2cc(Cl)cc3cc(-c4ccccc4)[nH]c23)CC1. The molecule has 0 saturated heterocycles. The molecule has 4 nitrogen and oxygen atoms in total. The van der Waals surface area contributed by atoms with Gasteiger partial charge in [-0.3, -0.25) is 4.79 Å². The third-order valence-electron chi connectivity index (χ3n) is 5.55. The normalized spacial score (nSPS) is 23.2. The number of hydrogen-bond donors (Lipinski definition) is 3. The lowest BCUT2D eigenvalue weighted by atomic mass is 9.74. The molecule has 2 aromatic carbocycles. The molecule has 5 heteroatoms. The highest BCUT2D eigenvalue weighted by Crippen LogP contribution is 2.41. The molecule has 1 saturated carbocycles. The van der Waals surface area contributed by atoms with E-state index in [-0.39, 0.29) is 5.92 Å². The smallest absolute Gasteiger partial charge is 0.323 e. The van der Waals surface area contributed by atoms with Crippen molar-refractivity contribution in [2.45, 2.75) is 37.1 Å². The first-order chi connectivity index (χ1) is 12.5. The number of H-pyrrole nitrogens is 1. The van der Waals surface area contributed by atoms with E-state index in [1.165, 1.54) is 0 Å². The largest absolute Gasteiger partial charge is 0.480 e. The van der Waals surface area contributed by atoms with Crippen molar-refractivity contribution in [3.63, 3.8) is 0 Å². The first-order valence-electron chi connectivity index (χ1n) is 8.86. The van der Waals surface area contributed by atoms with E-state index in [4.69, 9.17) is 17.3 Å². The zero-order valence-corrected chi connectivity index (χ0v) is 15.1. The van der Waals surface area contributed by atoms with Gasteiger partial charge in [0.25, 0.3) is 0 Å². The topological polar surface area (TPSA) is 79.1 Å². The first-order valence-corrected chi connectivity index (χ1v) is 9.24. The second-order valence-electron chi connectivity index (χ2n) is 7.24. The van der Waals surface area contributed by atoms with E-state index in [1.54, 1.807) is 0 Å². The fourth-order valence-electron chi connectivity index (χ4n) is 3.99. The number of carboxylic acids is 1. The Hall–Kier alpha value is -2.30. The van der Waals surface area contributed by atoms with Crippen molar-refractivity contribution in [1.29, 1.82) is 0 Å². The van der Waals surface area contributed by atoms with Crippen molar-refractivity contribution in [2.75, 3.05) is 0 Å². The summed E-state index contributed by atoms with van der Waals surface area (Å²) in [5.74, 6) is -0.645. The zero-order chi connectivity index (χ0) is 18.3. The van der Waals surface area contributed by atoms with Crippen LogP contribution in [0.4, 0.5) is 0 Å². The zero-order valence-electron chi connectivity index (χ0n) is 14.3. The highest BCUT2D eigenvalue weighted by Gasteiger charge is 2.39. The molecule has 0 bridgehead atoms. The summed E-state index contributed by atoms with van der Waals surface area (Å²) in [5.41, 5.74) is 9.35. The van der Waals surface area contributed by atoms with Crippen LogP contribution in [-0.4, -0.2) is 21.6 Å². The van der Waals surface area contributed by atoms with E-state index in [1.807, 2.05) is 30.3 Å². The van der Waals surface area contributed by atoms with E-state index >= 15 is 0 Å². The second-order valence-corrected chi connectivity index (χ2v) is 7.68. The molecule has 3 aromatic rings. The van der Waals surface area contributed by atoms with Gasteiger partial charge in [-0.1, -0.05) is 41.9 Å². The van der Waals surface area contributed by atoms with Crippen LogP contribution in [0, 0.1) is 0 Å². The van der Waals surface area contributed by atoms with Crippen LogP contribution in [0.3, 0.4) is 0 Å². The minimum absolute atomic E-state index is 0.259. The molecule has 0 spiro atoms. The van der Waals surface area contributed by atoms with Gasteiger partial charge in [-0.15, -0.1) is 0 Å². The van der Waals surface area contributed by atoms with Crippen LogP contribution < -0.4 is 5.73 Å². The number of aliphatic carboxylic acids is 1. The third kappa shape index (κ3) is 3.00. The average molecular weight is 369 g/mol. The molecule has 134 valence electrons. The summed E-state index contributed by atoms with van der Waals surface area (Å²) < 4.78 is 0. The van der Waals surface area contributed by atoms with Crippen molar-refractivity contribution in [3.8, 4) is 11.3 Å². The van der Waals surface area contributed by atoms with Crippen LogP contribution in [0.5, 0.6) is 0 Å². The van der Waals surface area contributed by atoms with E-state index < -0.39 is 11.5 Å². The summed E-state index contributed by atoms with van der Waals surface area (Å²) in [6.07, 6.45) is 2.45. The number of aromatic amines is 1. The number of nitrogens with two attached hydrogens (primary N) is 1. The van der Waals surface area contributed by atoms with E-state index in [0.717, 1.165) is 40.6 Å². The van der Waals surface area contributed by atoms with Crippen LogP contribution in [-0.2, 0) is 4.79 Å². The van der Waals surface area contributed by atoms with Gasteiger partial charge in [0, 0.05) is 21.6 Å². The van der Waals surface area contributed by atoms with Crippen LogP contribution in [0.1, 0.15) is 37.2 Å². The lowest BCUT2D eigenvalue weighted by molar-refractivity contribution is -0.144. The summed E-state index contributed by atoms with van der Waals surface area (Å²) >= 11 is 6.37. The maximum absolute atomic E-state index is 11.4. The predicted octanol–water partition coefficient (Wildman–Crippen LogP) is 4.93. The molecule has 4 N–H and O–H groups in total. The molecule has 0 unspecified atom stereocenters. The number of aromatic nitrogens is 1. The second kappa shape index (κ2) is 6.45. The molecule has 4 rings (SSSR count). The fraction of sp³-hybridized carbons (Fsp3) is 0.286. The van der Waals surface area contributed by atoms with Gasteiger partial charge in [0.05, 0.1) is 0 Å². The Labute approximate surface area is 157 Å². The Kier molecular flexibility index (Phi) is 4.25. The molecule has 1 aliphatic rings. The van der Waals surface area contributed by atoms with Crippen LogP contribution in [0.15, 0.2) is 48.5 Å². The summed E-state index contributed by atoms with van der Waals surface area (Å²) in [6, 6.07) is 16.3. The van der Waals surface area contributed by atoms with Crippen LogP contribution in [0.2, 0.25) is 5.02 Å². The lowest BCUT2D eigenvalue weighted by Gasteiger charge is -2.34. The third-order valence-corrected chi connectivity index (χ3v) is 5.77. The Morgan fingerprint density at radius 2 is 1.85 bits per heavy atom. The minimum atomic E-state index is -1.10. The minimum Gasteiger partial charge on any atom is -0.480 e. The van der Waals surface area contributed by atoms with Gasteiger partial charge in [0.2, 0.25) is 0 Å². The maximum Gasteiger partial charge on any atom is 0.323 e. The summed E-state index contributed by atoms with van der Waals surface area (Å²) in [7, 11) is 0. The summed E-state index contributed by atoms with van der Waals surface area (Å²) in [5, 5.41) is 11.1. The Balaban J connectivity index is 1.72. The maximum atomic E-state index is 11.4. The van der Waals surface area contributed by atoms with Gasteiger partial charge in [-0.2, -0.15) is 0 Å². The van der Waals surface area contributed by atoms with Gasteiger partial charge >= 0.3 is 5.97 Å². The fourth-order valence-corrected chi connectivity index (χ4v) is 4.22. The van der Waals surface area contributed by atoms with Crippen molar-refractivity contribution in [2.24, 2.45) is 5.73 Å². The van der Waals surface area contributed by atoms with E-state index in [9.17, 15) is 9.90 Å². The Bertz CT molecular complexity index is 957. The number of carboxylic acid groups (broad SMARTS) is 1. The monoisotopic (exact) mass is 368 g/mol.